The van der Waals surface area contributed by atoms with Gasteiger partial charge in [-0.1, -0.05) is 0 Å². The summed E-state index contributed by atoms with van der Waals surface area (Å²) in [6, 6.07) is 2.90. The van der Waals surface area contributed by atoms with Crippen molar-refractivity contribution in [1.29, 1.82) is 0 Å². The van der Waals surface area contributed by atoms with E-state index in [1.807, 2.05) is 0 Å². The Hall–Kier alpha value is -1.95. The summed E-state index contributed by atoms with van der Waals surface area (Å²) in [5.74, 6) is -1.05. The van der Waals surface area contributed by atoms with Gasteiger partial charge in [-0.15, -0.1) is 0 Å². The highest BCUT2D eigenvalue weighted by atomic mass is 16.7. The number of methoxy groups -OCH3 is 1. The Kier molecular flexibility index (Phi) is 4.46. The monoisotopic (exact) mass is 265 g/mol. The van der Waals surface area contributed by atoms with Crippen LogP contribution >= 0.6 is 0 Å². The molecule has 1 atom stereocenters. The molecule has 1 unspecified atom stereocenters. The standard InChI is InChI=1S/C13H15NO5/c1-17-12(15)9-5-6-10(14-8-9)13(16)19-11-4-2-3-7-18-11/h5-6,8,11H,2-4,7H2,1H3. The molecule has 1 aliphatic rings. The van der Waals surface area contributed by atoms with Crippen LogP contribution < -0.4 is 0 Å². The van der Waals surface area contributed by atoms with E-state index >= 15 is 0 Å². The van der Waals surface area contributed by atoms with Crippen LogP contribution in [0, 0.1) is 0 Å². The van der Waals surface area contributed by atoms with Gasteiger partial charge >= 0.3 is 11.9 Å². The summed E-state index contributed by atoms with van der Waals surface area (Å²) in [5.41, 5.74) is 0.426. The molecule has 2 rings (SSSR count). The van der Waals surface area contributed by atoms with Crippen molar-refractivity contribution < 1.29 is 23.8 Å². The third-order valence-corrected chi connectivity index (χ3v) is 2.77. The van der Waals surface area contributed by atoms with E-state index in [0.717, 1.165) is 12.8 Å². The van der Waals surface area contributed by atoms with Gasteiger partial charge in [-0.25, -0.2) is 14.6 Å². The molecule has 0 saturated carbocycles. The number of carbonyl (C=O) groups excluding carboxylic acids is 2. The number of nitrogens with zero attached hydrogens (tertiary/aromatic N) is 1. The van der Waals surface area contributed by atoms with Crippen LogP contribution in [0.2, 0.25) is 0 Å². The van der Waals surface area contributed by atoms with Crippen LogP contribution in [0.3, 0.4) is 0 Å². The van der Waals surface area contributed by atoms with Gasteiger partial charge in [-0.2, -0.15) is 0 Å². The second-order valence-electron chi connectivity index (χ2n) is 4.13. The maximum Gasteiger partial charge on any atom is 0.359 e. The molecule has 0 aliphatic carbocycles. The van der Waals surface area contributed by atoms with Crippen LogP contribution in [0.25, 0.3) is 0 Å². The molecule has 1 aromatic heterocycles. The van der Waals surface area contributed by atoms with Gasteiger partial charge in [0.25, 0.3) is 0 Å². The molecule has 6 nitrogen and oxygen atoms in total. The molecule has 0 N–H and O–H groups in total. The largest absolute Gasteiger partial charge is 0.465 e. The Morgan fingerprint density at radius 2 is 2.16 bits per heavy atom. The molecule has 102 valence electrons. The zero-order valence-corrected chi connectivity index (χ0v) is 10.6. The highest BCUT2D eigenvalue weighted by Gasteiger charge is 2.20. The van der Waals surface area contributed by atoms with Gasteiger partial charge in [0.15, 0.2) is 0 Å². The molecule has 1 aromatic rings. The van der Waals surface area contributed by atoms with E-state index in [1.165, 1.54) is 25.4 Å². The zero-order valence-electron chi connectivity index (χ0n) is 10.6. The first-order valence-corrected chi connectivity index (χ1v) is 6.07. The lowest BCUT2D eigenvalue weighted by molar-refractivity contribution is -0.131. The van der Waals surface area contributed by atoms with E-state index < -0.39 is 18.2 Å². The number of carbonyl (C=O) groups is 2. The molecule has 0 amide bonds. The zero-order chi connectivity index (χ0) is 13.7. The van der Waals surface area contributed by atoms with Gasteiger partial charge in [0.05, 0.1) is 19.3 Å². The summed E-state index contributed by atoms with van der Waals surface area (Å²) in [4.78, 5) is 26.9. The van der Waals surface area contributed by atoms with Crippen LogP contribution in [0.15, 0.2) is 18.3 Å². The van der Waals surface area contributed by atoms with Crippen molar-refractivity contribution in [2.45, 2.75) is 25.6 Å². The van der Waals surface area contributed by atoms with Gasteiger partial charge in [0.1, 0.15) is 5.69 Å². The number of ether oxygens (including phenoxy) is 3. The lowest BCUT2D eigenvalue weighted by Gasteiger charge is -2.22. The average molecular weight is 265 g/mol. The molecule has 0 bridgehead atoms. The Morgan fingerprint density at radius 3 is 2.74 bits per heavy atom. The second-order valence-corrected chi connectivity index (χ2v) is 4.13. The fraction of sp³-hybridized carbons (Fsp3) is 0.462. The predicted octanol–water partition coefficient (Wildman–Crippen LogP) is 1.55. The summed E-state index contributed by atoms with van der Waals surface area (Å²) >= 11 is 0. The number of rotatable bonds is 3. The van der Waals surface area contributed by atoms with E-state index in [1.54, 1.807) is 0 Å². The molecule has 0 radical (unpaired) electrons. The first-order chi connectivity index (χ1) is 9.20. The molecule has 0 spiro atoms. The molecule has 6 heteroatoms. The highest BCUT2D eigenvalue weighted by Crippen LogP contribution is 2.15. The number of hydrogen-bond acceptors (Lipinski definition) is 6. The fourth-order valence-electron chi connectivity index (χ4n) is 1.74. The summed E-state index contributed by atoms with van der Waals surface area (Å²) in [5, 5.41) is 0. The second kappa shape index (κ2) is 6.29. The average Bonchev–Trinajstić information content (AvgIpc) is 2.47. The van der Waals surface area contributed by atoms with Crippen molar-refractivity contribution in [2.75, 3.05) is 13.7 Å². The number of esters is 2. The van der Waals surface area contributed by atoms with E-state index in [-0.39, 0.29) is 11.3 Å². The summed E-state index contributed by atoms with van der Waals surface area (Å²) in [6.07, 6.45) is 3.45. The minimum atomic E-state index is -0.552. The minimum Gasteiger partial charge on any atom is -0.465 e. The SMILES string of the molecule is COC(=O)c1ccc(C(=O)OC2CCCCO2)nc1. The van der Waals surface area contributed by atoms with Gasteiger partial charge in [-0.05, 0) is 25.0 Å². The molecule has 1 fully saturated rings. The Bertz CT molecular complexity index is 451. The van der Waals surface area contributed by atoms with Gasteiger partial charge < -0.3 is 14.2 Å². The highest BCUT2D eigenvalue weighted by molar-refractivity contribution is 5.91. The van der Waals surface area contributed by atoms with Crippen LogP contribution in [-0.2, 0) is 14.2 Å². The van der Waals surface area contributed by atoms with Crippen LogP contribution in [-0.4, -0.2) is 36.9 Å². The number of aromatic nitrogens is 1. The normalized spacial score (nSPS) is 18.7. The van der Waals surface area contributed by atoms with E-state index in [0.29, 0.717) is 13.0 Å². The van der Waals surface area contributed by atoms with Crippen molar-refractivity contribution in [3.8, 4) is 0 Å². The van der Waals surface area contributed by atoms with Crippen LogP contribution in [0.1, 0.15) is 40.1 Å². The Morgan fingerprint density at radius 1 is 1.32 bits per heavy atom. The Balaban J connectivity index is 1.97. The number of pyridine rings is 1. The summed E-state index contributed by atoms with van der Waals surface area (Å²) < 4.78 is 15.0. The van der Waals surface area contributed by atoms with Gasteiger partial charge in [0, 0.05) is 12.6 Å². The first kappa shape index (κ1) is 13.5. The molecule has 1 saturated heterocycles. The molecule has 19 heavy (non-hydrogen) atoms. The fourth-order valence-corrected chi connectivity index (χ4v) is 1.74. The maximum absolute atomic E-state index is 11.8. The quantitative estimate of drug-likeness (QED) is 0.772. The molecule has 1 aliphatic heterocycles. The van der Waals surface area contributed by atoms with E-state index in [9.17, 15) is 9.59 Å². The van der Waals surface area contributed by atoms with Gasteiger partial charge in [-0.3, -0.25) is 0 Å². The van der Waals surface area contributed by atoms with E-state index in [2.05, 4.69) is 9.72 Å². The smallest absolute Gasteiger partial charge is 0.359 e. The molecule has 0 aromatic carbocycles. The van der Waals surface area contributed by atoms with Crippen LogP contribution in [0.5, 0.6) is 0 Å². The topological polar surface area (TPSA) is 74.7 Å². The van der Waals surface area contributed by atoms with Crippen molar-refractivity contribution in [1.82, 2.24) is 4.98 Å². The molecular formula is C13H15NO5. The first-order valence-electron chi connectivity index (χ1n) is 6.07. The molecule has 2 heterocycles. The van der Waals surface area contributed by atoms with Crippen molar-refractivity contribution >= 4 is 11.9 Å². The number of hydrogen-bond donors (Lipinski definition) is 0. The predicted molar refractivity (Wildman–Crippen MR) is 64.6 cm³/mol. The maximum atomic E-state index is 11.8. The van der Waals surface area contributed by atoms with E-state index in [4.69, 9.17) is 9.47 Å². The minimum absolute atomic E-state index is 0.141. The van der Waals surface area contributed by atoms with Crippen molar-refractivity contribution in [3.05, 3.63) is 29.6 Å². The van der Waals surface area contributed by atoms with Gasteiger partial charge in [0.2, 0.25) is 6.29 Å². The third-order valence-electron chi connectivity index (χ3n) is 2.77. The Labute approximate surface area is 110 Å². The van der Waals surface area contributed by atoms with Crippen molar-refractivity contribution in [3.63, 3.8) is 0 Å². The lowest BCUT2D eigenvalue weighted by atomic mass is 10.2. The summed E-state index contributed by atoms with van der Waals surface area (Å²) in [7, 11) is 1.28. The third kappa shape index (κ3) is 3.51. The summed E-state index contributed by atoms with van der Waals surface area (Å²) in [6.45, 7) is 0.604. The van der Waals surface area contributed by atoms with Crippen LogP contribution in [0.4, 0.5) is 0 Å². The molecular weight excluding hydrogens is 250 g/mol. The lowest BCUT2D eigenvalue weighted by Crippen LogP contribution is -2.25. The van der Waals surface area contributed by atoms with Crippen molar-refractivity contribution in [2.24, 2.45) is 0 Å².